The van der Waals surface area contributed by atoms with E-state index < -0.39 is 21.1 Å². The number of hydrogen-bond acceptors (Lipinski definition) is 6. The van der Waals surface area contributed by atoms with Gasteiger partial charge in [0.05, 0.1) is 30.7 Å². The van der Waals surface area contributed by atoms with Crippen LogP contribution in [0.15, 0.2) is 35.3 Å². The van der Waals surface area contributed by atoms with Crippen LogP contribution in [0.2, 0.25) is 0 Å². The van der Waals surface area contributed by atoms with Crippen molar-refractivity contribution in [2.45, 2.75) is 31.9 Å². The Hall–Kier alpha value is -2.30. The maximum atomic E-state index is 13.2. The van der Waals surface area contributed by atoms with E-state index >= 15 is 0 Å². The standard InChI is InChI=1S/C20H27FN4O4S/c1-15(2)30(28,29)24-11-9-23(10-12-24)19-14-22-25(17-7-5-16(21)6-8-17)20(27)18(19)4-3-13-26/h5-8,14-15,26H,3-4,9-13H2,1-2H3/p+1. The smallest absolute Gasteiger partial charge is 0.297 e. The molecule has 10 heteroatoms. The number of rotatable bonds is 7. The van der Waals surface area contributed by atoms with Gasteiger partial charge in [0.25, 0.3) is 15.6 Å². The van der Waals surface area contributed by atoms with Crippen LogP contribution in [0, 0.1) is 5.82 Å². The van der Waals surface area contributed by atoms with Crippen molar-refractivity contribution in [3.8, 4) is 5.69 Å². The molecule has 1 aliphatic rings. The number of halogens is 1. The van der Waals surface area contributed by atoms with Crippen LogP contribution < -0.4 is 14.8 Å². The Morgan fingerprint density at radius 3 is 2.40 bits per heavy atom. The minimum absolute atomic E-state index is 0.0533. The zero-order chi connectivity index (χ0) is 21.9. The van der Waals surface area contributed by atoms with E-state index in [9.17, 15) is 22.7 Å². The maximum Gasteiger partial charge on any atom is 0.297 e. The Kier molecular flexibility index (Phi) is 6.89. The molecule has 1 saturated heterocycles. The van der Waals surface area contributed by atoms with Crippen molar-refractivity contribution in [1.82, 2.24) is 9.78 Å². The molecule has 8 nitrogen and oxygen atoms in total. The summed E-state index contributed by atoms with van der Waals surface area (Å²) in [5.41, 5.74) is 1.30. The summed E-state index contributed by atoms with van der Waals surface area (Å²) < 4.78 is 39.9. The van der Waals surface area contributed by atoms with Crippen LogP contribution in [0.4, 0.5) is 10.1 Å². The summed E-state index contributed by atoms with van der Waals surface area (Å²) >= 11 is 0. The third-order valence-electron chi connectivity index (χ3n) is 5.40. The van der Waals surface area contributed by atoms with E-state index in [0.717, 1.165) is 0 Å². The van der Waals surface area contributed by atoms with Crippen molar-refractivity contribution in [2.75, 3.05) is 37.7 Å². The highest BCUT2D eigenvalue weighted by Crippen LogP contribution is 2.19. The number of anilines is 1. The zero-order valence-electron chi connectivity index (χ0n) is 17.2. The van der Waals surface area contributed by atoms with E-state index in [0.29, 0.717) is 60.3 Å². The molecule has 1 aliphatic heterocycles. The number of nitrogens with one attached hydrogen (secondary N) is 1. The molecule has 2 heterocycles. The first-order chi connectivity index (χ1) is 14.3. The average molecular weight is 440 g/mol. The SMILES string of the molecule is CC(C)S(=O)(=O)[NH+]1CCN(c2cnn(-c3ccc(F)cc3)c(=O)c2CCCO)CC1. The molecule has 164 valence electrons. The third kappa shape index (κ3) is 4.55. The van der Waals surface area contributed by atoms with Crippen LogP contribution in [0.1, 0.15) is 25.8 Å². The number of benzene rings is 1. The minimum Gasteiger partial charge on any atom is -0.396 e. The van der Waals surface area contributed by atoms with Crippen molar-refractivity contribution in [2.24, 2.45) is 0 Å². The van der Waals surface area contributed by atoms with Gasteiger partial charge in [-0.3, -0.25) is 4.79 Å². The summed E-state index contributed by atoms with van der Waals surface area (Å²) in [5, 5.41) is 13.1. The van der Waals surface area contributed by atoms with E-state index in [1.54, 1.807) is 20.0 Å². The van der Waals surface area contributed by atoms with E-state index in [2.05, 4.69) is 5.10 Å². The van der Waals surface area contributed by atoms with Crippen LogP contribution in [0.5, 0.6) is 0 Å². The van der Waals surface area contributed by atoms with Crippen molar-refractivity contribution < 1.29 is 22.2 Å². The van der Waals surface area contributed by atoms with Crippen LogP contribution >= 0.6 is 0 Å². The van der Waals surface area contributed by atoms with Crippen LogP contribution in [-0.4, -0.2) is 61.3 Å². The number of quaternary nitrogens is 1. The third-order valence-corrected chi connectivity index (χ3v) is 7.85. The Bertz CT molecular complexity index is 1030. The van der Waals surface area contributed by atoms with Gasteiger partial charge in [-0.1, -0.05) is 0 Å². The summed E-state index contributed by atoms with van der Waals surface area (Å²) in [6, 6.07) is 5.50. The molecular formula is C20H28FN4O4S+. The molecule has 2 N–H and O–H groups in total. The summed E-state index contributed by atoms with van der Waals surface area (Å²) in [6.07, 6.45) is 2.38. The van der Waals surface area contributed by atoms with Crippen molar-refractivity contribution >= 4 is 15.7 Å². The van der Waals surface area contributed by atoms with E-state index in [1.807, 2.05) is 4.90 Å². The molecular weight excluding hydrogens is 411 g/mol. The lowest BCUT2D eigenvalue weighted by atomic mass is 10.1. The number of aliphatic hydroxyl groups is 1. The van der Waals surface area contributed by atoms with Crippen molar-refractivity contribution in [3.63, 3.8) is 0 Å². The monoisotopic (exact) mass is 439 g/mol. The molecule has 0 amide bonds. The quantitative estimate of drug-likeness (QED) is 0.617. The number of nitrogens with zero attached hydrogens (tertiary/aromatic N) is 3. The van der Waals surface area contributed by atoms with Crippen molar-refractivity contribution in [1.29, 1.82) is 0 Å². The van der Waals surface area contributed by atoms with Gasteiger partial charge >= 0.3 is 0 Å². The van der Waals surface area contributed by atoms with Gasteiger partial charge in [-0.2, -0.15) is 18.2 Å². The topological polar surface area (TPSA) is 96.9 Å². The number of aromatic nitrogens is 2. The van der Waals surface area contributed by atoms with Crippen molar-refractivity contribution in [3.05, 3.63) is 52.2 Å². The molecule has 0 atom stereocenters. The molecule has 0 aliphatic carbocycles. The van der Waals surface area contributed by atoms with Crippen LogP contribution in [0.25, 0.3) is 5.69 Å². The molecule has 0 saturated carbocycles. The van der Waals surface area contributed by atoms with Gasteiger partial charge in [0.15, 0.2) is 0 Å². The highest BCUT2D eigenvalue weighted by molar-refractivity contribution is 7.85. The largest absolute Gasteiger partial charge is 0.396 e. The zero-order valence-corrected chi connectivity index (χ0v) is 18.0. The Balaban J connectivity index is 1.91. The van der Waals surface area contributed by atoms with Gasteiger partial charge in [0.2, 0.25) is 0 Å². The maximum absolute atomic E-state index is 13.2. The number of sulfonamides is 1. The van der Waals surface area contributed by atoms with E-state index in [1.165, 1.54) is 28.9 Å². The lowest BCUT2D eigenvalue weighted by molar-refractivity contribution is -0.768. The molecule has 1 aromatic carbocycles. The van der Waals surface area contributed by atoms with Gasteiger partial charge in [-0.15, -0.1) is 0 Å². The predicted molar refractivity (Wildman–Crippen MR) is 112 cm³/mol. The second kappa shape index (κ2) is 9.23. The highest BCUT2D eigenvalue weighted by atomic mass is 32.2. The molecule has 2 aromatic rings. The molecule has 30 heavy (non-hydrogen) atoms. The fraction of sp³-hybridized carbons (Fsp3) is 0.500. The molecule has 1 aromatic heterocycles. The molecule has 3 rings (SSSR count). The summed E-state index contributed by atoms with van der Waals surface area (Å²) in [6.45, 7) is 5.11. The average Bonchev–Trinajstić information content (AvgIpc) is 2.73. The second-order valence-electron chi connectivity index (χ2n) is 7.65. The fourth-order valence-electron chi connectivity index (χ4n) is 3.62. The van der Waals surface area contributed by atoms with Gasteiger partial charge in [0.1, 0.15) is 24.2 Å². The second-order valence-corrected chi connectivity index (χ2v) is 10.3. The first-order valence-corrected chi connectivity index (χ1v) is 11.6. The summed E-state index contributed by atoms with van der Waals surface area (Å²) in [5.74, 6) is -0.402. The molecule has 0 bridgehead atoms. The summed E-state index contributed by atoms with van der Waals surface area (Å²) in [4.78, 5) is 15.1. The van der Waals surface area contributed by atoms with Gasteiger partial charge in [0, 0.05) is 12.2 Å². The Morgan fingerprint density at radius 1 is 1.20 bits per heavy atom. The highest BCUT2D eigenvalue weighted by Gasteiger charge is 2.34. The Labute approximate surface area is 175 Å². The lowest BCUT2D eigenvalue weighted by Crippen LogP contribution is -3.17. The number of aliphatic hydroxyl groups excluding tert-OH is 1. The molecule has 0 spiro atoms. The number of piperazine rings is 1. The van der Waals surface area contributed by atoms with Gasteiger partial charge in [-0.25, -0.2) is 8.70 Å². The van der Waals surface area contributed by atoms with Gasteiger partial charge in [-0.05, 0) is 51.0 Å². The fourth-order valence-corrected chi connectivity index (χ4v) is 5.04. The Morgan fingerprint density at radius 2 is 1.83 bits per heavy atom. The predicted octanol–water partition coefficient (Wildman–Crippen LogP) is -0.260. The normalized spacial score (nSPS) is 15.7. The molecule has 0 radical (unpaired) electrons. The first kappa shape index (κ1) is 22.4. The number of hydrogen-bond donors (Lipinski definition) is 2. The molecule has 1 fully saturated rings. The molecule has 0 unspecified atom stereocenters. The van der Waals surface area contributed by atoms with Crippen LogP contribution in [0.3, 0.4) is 0 Å². The van der Waals surface area contributed by atoms with E-state index in [4.69, 9.17) is 0 Å². The van der Waals surface area contributed by atoms with Gasteiger partial charge < -0.3 is 10.0 Å². The first-order valence-electron chi connectivity index (χ1n) is 10.1. The van der Waals surface area contributed by atoms with Crippen LogP contribution in [-0.2, 0) is 16.4 Å². The summed E-state index contributed by atoms with van der Waals surface area (Å²) in [7, 11) is -3.24. The lowest BCUT2D eigenvalue weighted by Gasteiger charge is -2.34. The minimum atomic E-state index is -3.24. The van der Waals surface area contributed by atoms with E-state index in [-0.39, 0.29) is 12.2 Å².